The second-order valence-electron chi connectivity index (χ2n) is 8.31. The first kappa shape index (κ1) is 21.5. The number of benzene rings is 1. The Kier molecular flexibility index (Phi) is 5.75. The van der Waals surface area contributed by atoms with Gasteiger partial charge in [0.05, 0.1) is 25.0 Å². The molecule has 1 aliphatic carbocycles. The number of nitrogens with zero attached hydrogens (tertiary/aromatic N) is 1. The second-order valence-corrected chi connectivity index (χ2v) is 10.1. The minimum Gasteiger partial charge on any atom is -0.425 e. The number of nitrogens with one attached hydrogen (secondary N) is 1. The third kappa shape index (κ3) is 4.45. The fraction of sp³-hybridized carbons (Fsp3) is 0.650. The lowest BCUT2D eigenvalue weighted by molar-refractivity contribution is -0.205. The van der Waals surface area contributed by atoms with Crippen LogP contribution in [0.4, 0.5) is 8.78 Å². The van der Waals surface area contributed by atoms with Crippen molar-refractivity contribution in [2.24, 2.45) is 0 Å². The third-order valence-electron chi connectivity index (χ3n) is 6.19. The summed E-state index contributed by atoms with van der Waals surface area (Å²) in [6.45, 7) is -0.00871. The Morgan fingerprint density at radius 3 is 2.53 bits per heavy atom. The number of ether oxygens (including phenoxy) is 2. The van der Waals surface area contributed by atoms with Crippen LogP contribution in [0.3, 0.4) is 0 Å². The van der Waals surface area contributed by atoms with Gasteiger partial charge in [0.2, 0.25) is 10.0 Å². The zero-order valence-corrected chi connectivity index (χ0v) is 17.5. The number of alkyl halides is 2. The van der Waals surface area contributed by atoms with Crippen LogP contribution >= 0.6 is 0 Å². The molecule has 5 rings (SSSR count). The number of hydrogen-bond acceptors (Lipinski definition) is 5. The van der Waals surface area contributed by atoms with E-state index >= 15 is 0 Å². The van der Waals surface area contributed by atoms with Crippen molar-refractivity contribution in [1.82, 2.24) is 9.62 Å². The Balaban J connectivity index is 1.68. The van der Waals surface area contributed by atoms with Gasteiger partial charge in [-0.3, -0.25) is 4.79 Å². The third-order valence-corrected chi connectivity index (χ3v) is 6.93. The van der Waals surface area contributed by atoms with E-state index in [1.807, 2.05) is 0 Å². The maximum absolute atomic E-state index is 14.9. The monoisotopic (exact) mass is 444 g/mol. The summed E-state index contributed by atoms with van der Waals surface area (Å²) < 4.78 is 66.7. The quantitative estimate of drug-likeness (QED) is 0.756. The predicted octanol–water partition coefficient (Wildman–Crippen LogP) is 2.23. The van der Waals surface area contributed by atoms with Crippen LogP contribution in [0.25, 0.3) is 0 Å². The van der Waals surface area contributed by atoms with Gasteiger partial charge in [0, 0.05) is 12.6 Å². The van der Waals surface area contributed by atoms with E-state index in [-0.39, 0.29) is 37.3 Å². The van der Waals surface area contributed by atoms with E-state index in [2.05, 4.69) is 4.72 Å². The summed E-state index contributed by atoms with van der Waals surface area (Å²) in [5, 5.41) is 0. The highest BCUT2D eigenvalue weighted by atomic mass is 32.2. The summed E-state index contributed by atoms with van der Waals surface area (Å²) in [5.41, 5.74) is 0.678. The first-order valence-electron chi connectivity index (χ1n) is 10.2. The molecule has 1 unspecified atom stereocenters. The molecule has 2 fully saturated rings. The molecule has 1 aromatic carbocycles. The molecule has 3 aliphatic heterocycles. The lowest BCUT2D eigenvalue weighted by atomic mass is 9.82. The summed E-state index contributed by atoms with van der Waals surface area (Å²) >= 11 is 0. The van der Waals surface area contributed by atoms with Crippen molar-refractivity contribution in [3.8, 4) is 5.75 Å². The number of carbonyl (C=O) groups is 1. The van der Waals surface area contributed by atoms with Crippen molar-refractivity contribution in [3.05, 3.63) is 29.8 Å². The van der Waals surface area contributed by atoms with Crippen molar-refractivity contribution >= 4 is 15.9 Å². The molecular formula is C20H26F2N2O5S. The van der Waals surface area contributed by atoms with Crippen LogP contribution in [0.2, 0.25) is 0 Å². The van der Waals surface area contributed by atoms with Gasteiger partial charge in [-0.05, 0) is 49.7 Å². The second kappa shape index (κ2) is 8.05. The van der Waals surface area contributed by atoms with Gasteiger partial charge >= 0.3 is 12.0 Å². The maximum atomic E-state index is 14.9. The number of carbonyl (C=O) groups excluding carboxylic acids is 1. The fourth-order valence-corrected chi connectivity index (χ4v) is 5.58. The molecule has 0 aromatic heterocycles. The van der Waals surface area contributed by atoms with Crippen molar-refractivity contribution in [2.75, 3.05) is 19.4 Å². The summed E-state index contributed by atoms with van der Waals surface area (Å²) in [6.07, 6.45) is 0.182. The van der Waals surface area contributed by atoms with E-state index < -0.39 is 34.1 Å². The first-order chi connectivity index (χ1) is 14.1. The summed E-state index contributed by atoms with van der Waals surface area (Å²) in [7, 11) is -3.57. The zero-order chi connectivity index (χ0) is 21.5. The number of halogens is 2. The van der Waals surface area contributed by atoms with Crippen LogP contribution in [0.1, 0.15) is 43.6 Å². The van der Waals surface area contributed by atoms with E-state index in [0.717, 1.165) is 36.8 Å². The molecule has 0 spiro atoms. The molecule has 0 radical (unpaired) electrons. The van der Waals surface area contributed by atoms with Gasteiger partial charge in [-0.1, -0.05) is 18.2 Å². The summed E-state index contributed by atoms with van der Waals surface area (Å²) in [5.74, 6) is -1.40. The Hall–Kier alpha value is -1.78. The lowest BCUT2D eigenvalue weighted by Crippen LogP contribution is -2.54. The van der Waals surface area contributed by atoms with E-state index in [9.17, 15) is 22.0 Å². The highest BCUT2D eigenvalue weighted by molar-refractivity contribution is 7.88. The van der Waals surface area contributed by atoms with Gasteiger partial charge in [0.25, 0.3) is 0 Å². The number of rotatable bonds is 2. The molecule has 7 nitrogen and oxygen atoms in total. The number of para-hydroxylation sites is 1. The minimum atomic E-state index is -4.07. The van der Waals surface area contributed by atoms with E-state index in [1.165, 1.54) is 6.07 Å². The van der Waals surface area contributed by atoms with Gasteiger partial charge in [-0.2, -0.15) is 8.78 Å². The van der Waals surface area contributed by atoms with Crippen LogP contribution < -0.4 is 9.46 Å². The topological polar surface area (TPSA) is 84.9 Å². The molecule has 2 bridgehead atoms. The molecule has 1 aromatic rings. The largest absolute Gasteiger partial charge is 0.482 e. The smallest absolute Gasteiger partial charge is 0.425 e. The van der Waals surface area contributed by atoms with Crippen LogP contribution in [0.15, 0.2) is 24.3 Å². The predicted molar refractivity (Wildman–Crippen MR) is 105 cm³/mol. The minimum absolute atomic E-state index is 0.00269. The normalized spacial score (nSPS) is 31.7. The molecule has 3 heterocycles. The van der Waals surface area contributed by atoms with Crippen LogP contribution in [-0.4, -0.2) is 62.9 Å². The molecule has 1 N–H and O–H groups in total. The van der Waals surface area contributed by atoms with Gasteiger partial charge < -0.3 is 14.4 Å². The number of sulfonamides is 1. The number of fused-ring (bicyclic) bond motifs is 5. The fourth-order valence-electron chi connectivity index (χ4n) is 4.76. The molecule has 2 atom stereocenters. The molecule has 1 amide bonds. The average molecular weight is 445 g/mol. The number of amides is 1. The van der Waals surface area contributed by atoms with Gasteiger partial charge in [-0.25, -0.2) is 13.1 Å². The maximum Gasteiger partial charge on any atom is 0.482 e. The molecular weight excluding hydrogens is 418 g/mol. The Morgan fingerprint density at radius 2 is 1.83 bits per heavy atom. The molecule has 4 aliphatic rings. The molecule has 30 heavy (non-hydrogen) atoms. The van der Waals surface area contributed by atoms with Crippen molar-refractivity contribution in [1.29, 1.82) is 0 Å². The van der Waals surface area contributed by atoms with E-state index in [1.54, 1.807) is 18.2 Å². The summed E-state index contributed by atoms with van der Waals surface area (Å²) in [4.78, 5) is 13.8. The van der Waals surface area contributed by atoms with Crippen LogP contribution in [-0.2, 0) is 19.6 Å². The Bertz CT molecular complexity index is 902. The highest BCUT2D eigenvalue weighted by Crippen LogP contribution is 2.41. The molecule has 166 valence electrons. The van der Waals surface area contributed by atoms with E-state index in [0.29, 0.717) is 5.56 Å². The average Bonchev–Trinajstić information content (AvgIpc) is 3.06. The zero-order valence-electron chi connectivity index (χ0n) is 16.7. The van der Waals surface area contributed by atoms with Gasteiger partial charge in [0.15, 0.2) is 0 Å². The first-order valence-corrected chi connectivity index (χ1v) is 12.1. The van der Waals surface area contributed by atoms with Gasteiger partial charge in [0.1, 0.15) is 5.75 Å². The standard InChI is InChI=1S/C20H26F2N2O5S/c1-30(26,27)23-16-10-11-24-17(16)12-28-14-8-6-13(7-9-14)15-4-2-3-5-18(15)29-20(21,22)19(24)25/h2-5,13-14,16-17,23H,6-12H2,1H3/t13?,14?,16-,17?/m0/s1. The highest BCUT2D eigenvalue weighted by Gasteiger charge is 2.51. The molecule has 1 saturated heterocycles. The van der Waals surface area contributed by atoms with Crippen molar-refractivity contribution < 1.29 is 31.5 Å². The van der Waals surface area contributed by atoms with Crippen LogP contribution in [0, 0.1) is 0 Å². The van der Waals surface area contributed by atoms with Gasteiger partial charge in [-0.15, -0.1) is 0 Å². The molecule has 1 saturated carbocycles. The summed E-state index contributed by atoms with van der Waals surface area (Å²) in [6, 6.07) is 5.11. The molecule has 10 heteroatoms. The van der Waals surface area contributed by atoms with E-state index in [4.69, 9.17) is 9.47 Å². The lowest BCUT2D eigenvalue weighted by Gasteiger charge is -2.32. The SMILES string of the molecule is CS(=O)(=O)N[C@H]1CCN2C(=O)C(F)(F)Oc3ccccc3C3CCC(CC3)OCC12. The Labute approximate surface area is 174 Å². The van der Waals surface area contributed by atoms with Crippen LogP contribution in [0.5, 0.6) is 5.75 Å². The number of hydrogen-bond donors (Lipinski definition) is 1. The van der Waals surface area contributed by atoms with Crippen molar-refractivity contribution in [2.45, 2.75) is 62.3 Å². The Morgan fingerprint density at radius 1 is 1.13 bits per heavy atom. The van der Waals surface area contributed by atoms with Crippen molar-refractivity contribution in [3.63, 3.8) is 0 Å².